The lowest BCUT2D eigenvalue weighted by Crippen LogP contribution is -2.41. The molecule has 0 unspecified atom stereocenters. The Hall–Kier alpha value is -1.42. The lowest BCUT2D eigenvalue weighted by Gasteiger charge is -2.28. The lowest BCUT2D eigenvalue weighted by atomic mass is 9.83. The molecule has 0 amide bonds. The molecule has 1 N–H and O–H groups in total. The predicted octanol–water partition coefficient (Wildman–Crippen LogP) is 1.42. The molecule has 0 aliphatic rings. The highest BCUT2D eigenvalue weighted by Gasteiger charge is 2.39. The van der Waals surface area contributed by atoms with Crippen LogP contribution in [-0.4, -0.2) is 28.8 Å². The summed E-state index contributed by atoms with van der Waals surface area (Å²) in [5.74, 6) is -0.973. The smallest absolute Gasteiger partial charge is 0.338 e. The molecule has 0 bridgehead atoms. The van der Waals surface area contributed by atoms with E-state index in [1.165, 1.54) is 14.0 Å². The second-order valence-corrected chi connectivity index (χ2v) is 4.09. The van der Waals surface area contributed by atoms with Crippen molar-refractivity contribution in [2.75, 3.05) is 7.11 Å². The van der Waals surface area contributed by atoms with Crippen LogP contribution in [0.1, 0.15) is 30.9 Å². The Morgan fingerprint density at radius 2 is 2.25 bits per heavy atom. The predicted molar refractivity (Wildman–Crippen MR) is 60.0 cm³/mol. The molecule has 0 saturated carbocycles. The molecule has 0 radical (unpaired) electrons. The Labute approximate surface area is 95.3 Å². The molecule has 1 aromatic heterocycles. The van der Waals surface area contributed by atoms with Gasteiger partial charge >= 0.3 is 5.97 Å². The zero-order valence-electron chi connectivity index (χ0n) is 10.0. The number of hydrogen-bond donors (Lipinski definition) is 1. The van der Waals surface area contributed by atoms with Gasteiger partial charge in [0.25, 0.3) is 0 Å². The number of rotatable bonds is 3. The van der Waals surface area contributed by atoms with Crippen LogP contribution < -0.4 is 0 Å². The number of hydrogen-bond acceptors (Lipinski definition) is 4. The molecule has 0 fully saturated rings. The van der Waals surface area contributed by atoms with Crippen molar-refractivity contribution in [3.63, 3.8) is 0 Å². The van der Waals surface area contributed by atoms with Gasteiger partial charge in [-0.15, -0.1) is 0 Å². The van der Waals surface area contributed by atoms with Crippen molar-refractivity contribution >= 4 is 5.97 Å². The molecule has 1 heterocycles. The van der Waals surface area contributed by atoms with Crippen LogP contribution >= 0.6 is 0 Å². The Kier molecular flexibility index (Phi) is 3.65. The SMILES string of the molecule is COC(=O)[C@@](C)(O)[C@@H](C)c1ccncc1C. The summed E-state index contributed by atoms with van der Waals surface area (Å²) in [4.78, 5) is 15.4. The second kappa shape index (κ2) is 4.61. The molecular weight excluding hydrogens is 206 g/mol. The monoisotopic (exact) mass is 223 g/mol. The first-order chi connectivity index (χ1) is 7.41. The van der Waals surface area contributed by atoms with Gasteiger partial charge in [0.2, 0.25) is 0 Å². The van der Waals surface area contributed by atoms with E-state index in [0.29, 0.717) is 0 Å². The third kappa shape index (κ3) is 2.22. The van der Waals surface area contributed by atoms with Crippen LogP contribution in [0.15, 0.2) is 18.5 Å². The molecule has 4 nitrogen and oxygen atoms in total. The molecule has 1 rings (SSSR count). The van der Waals surface area contributed by atoms with Gasteiger partial charge in [-0.1, -0.05) is 6.92 Å². The highest BCUT2D eigenvalue weighted by atomic mass is 16.5. The topological polar surface area (TPSA) is 59.4 Å². The third-order valence-corrected chi connectivity index (χ3v) is 2.97. The van der Waals surface area contributed by atoms with Gasteiger partial charge in [-0.05, 0) is 31.0 Å². The number of carbonyl (C=O) groups is 1. The van der Waals surface area contributed by atoms with Crippen molar-refractivity contribution in [1.29, 1.82) is 0 Å². The van der Waals surface area contributed by atoms with Crippen molar-refractivity contribution in [3.05, 3.63) is 29.6 Å². The second-order valence-electron chi connectivity index (χ2n) is 4.09. The van der Waals surface area contributed by atoms with Crippen LogP contribution in [0.3, 0.4) is 0 Å². The van der Waals surface area contributed by atoms with Gasteiger partial charge in [-0.2, -0.15) is 0 Å². The van der Waals surface area contributed by atoms with E-state index in [4.69, 9.17) is 0 Å². The van der Waals surface area contributed by atoms with Gasteiger partial charge in [0.1, 0.15) is 0 Å². The van der Waals surface area contributed by atoms with Crippen molar-refractivity contribution in [3.8, 4) is 0 Å². The zero-order valence-corrected chi connectivity index (χ0v) is 10.0. The minimum atomic E-state index is -1.53. The van der Waals surface area contributed by atoms with Crippen LogP contribution in [-0.2, 0) is 9.53 Å². The minimum Gasteiger partial charge on any atom is -0.467 e. The summed E-state index contributed by atoms with van der Waals surface area (Å²) in [7, 11) is 1.27. The zero-order chi connectivity index (χ0) is 12.3. The van der Waals surface area contributed by atoms with Gasteiger partial charge in [-0.25, -0.2) is 4.79 Å². The van der Waals surface area contributed by atoms with E-state index in [0.717, 1.165) is 11.1 Å². The van der Waals surface area contributed by atoms with Crippen molar-refractivity contribution in [2.45, 2.75) is 32.3 Å². The standard InChI is InChI=1S/C12H17NO3/c1-8-7-13-6-5-10(8)9(2)12(3,15)11(14)16-4/h5-7,9,15H,1-4H3/t9-,12-/m0/s1. The Balaban J connectivity index is 3.07. The maximum atomic E-state index is 11.5. The van der Waals surface area contributed by atoms with Crippen LogP contribution in [0.25, 0.3) is 0 Å². The molecule has 1 aromatic rings. The largest absolute Gasteiger partial charge is 0.467 e. The fourth-order valence-electron chi connectivity index (χ4n) is 1.66. The Morgan fingerprint density at radius 1 is 1.62 bits per heavy atom. The summed E-state index contributed by atoms with van der Waals surface area (Å²) in [5, 5.41) is 10.1. The molecule has 0 spiro atoms. The van der Waals surface area contributed by atoms with Gasteiger partial charge < -0.3 is 9.84 Å². The molecule has 16 heavy (non-hydrogen) atoms. The van der Waals surface area contributed by atoms with Gasteiger partial charge in [0.05, 0.1) is 7.11 Å². The summed E-state index contributed by atoms with van der Waals surface area (Å²) in [6.45, 7) is 5.15. The van der Waals surface area contributed by atoms with Crippen LogP contribution in [0.5, 0.6) is 0 Å². The van der Waals surface area contributed by atoms with E-state index in [1.807, 2.05) is 6.92 Å². The first kappa shape index (κ1) is 12.6. The first-order valence-electron chi connectivity index (χ1n) is 5.12. The van der Waals surface area contributed by atoms with E-state index >= 15 is 0 Å². The summed E-state index contributed by atoms with van der Waals surface area (Å²) in [6, 6.07) is 1.80. The molecule has 4 heteroatoms. The van der Waals surface area contributed by atoms with Crippen LogP contribution in [0.2, 0.25) is 0 Å². The summed E-state index contributed by atoms with van der Waals surface area (Å²) in [5.41, 5.74) is 0.311. The molecular formula is C12H17NO3. The van der Waals surface area contributed by atoms with Crippen LogP contribution in [0.4, 0.5) is 0 Å². The summed E-state index contributed by atoms with van der Waals surface area (Å²) in [6.07, 6.45) is 3.35. The molecule has 0 aromatic carbocycles. The van der Waals surface area contributed by atoms with E-state index in [2.05, 4.69) is 9.72 Å². The van der Waals surface area contributed by atoms with Crippen molar-refractivity contribution in [1.82, 2.24) is 4.98 Å². The summed E-state index contributed by atoms with van der Waals surface area (Å²) >= 11 is 0. The maximum Gasteiger partial charge on any atom is 0.338 e. The Bertz CT molecular complexity index is 388. The van der Waals surface area contributed by atoms with E-state index in [1.54, 1.807) is 25.4 Å². The van der Waals surface area contributed by atoms with E-state index < -0.39 is 11.6 Å². The van der Waals surface area contributed by atoms with Crippen LogP contribution in [0, 0.1) is 6.92 Å². The maximum absolute atomic E-state index is 11.5. The van der Waals surface area contributed by atoms with E-state index in [9.17, 15) is 9.90 Å². The minimum absolute atomic E-state index is 0.344. The normalized spacial score (nSPS) is 16.3. The van der Waals surface area contributed by atoms with Gasteiger partial charge in [-0.3, -0.25) is 4.98 Å². The molecule has 2 atom stereocenters. The molecule has 0 aliphatic heterocycles. The van der Waals surface area contributed by atoms with Crippen molar-refractivity contribution in [2.24, 2.45) is 0 Å². The fourth-order valence-corrected chi connectivity index (χ4v) is 1.66. The number of aryl methyl sites for hydroxylation is 1. The number of nitrogens with zero attached hydrogens (tertiary/aromatic N) is 1. The first-order valence-corrected chi connectivity index (χ1v) is 5.12. The molecule has 0 aliphatic carbocycles. The van der Waals surface area contributed by atoms with Crippen molar-refractivity contribution < 1.29 is 14.6 Å². The average Bonchev–Trinajstić information content (AvgIpc) is 2.27. The van der Waals surface area contributed by atoms with E-state index in [-0.39, 0.29) is 5.92 Å². The third-order valence-electron chi connectivity index (χ3n) is 2.97. The number of aromatic nitrogens is 1. The number of esters is 1. The molecule has 88 valence electrons. The fraction of sp³-hybridized carbons (Fsp3) is 0.500. The summed E-state index contributed by atoms with van der Waals surface area (Å²) < 4.78 is 4.59. The number of methoxy groups -OCH3 is 1. The lowest BCUT2D eigenvalue weighted by molar-refractivity contribution is -0.162. The highest BCUT2D eigenvalue weighted by molar-refractivity contribution is 5.80. The highest BCUT2D eigenvalue weighted by Crippen LogP contribution is 2.30. The number of carbonyl (C=O) groups excluding carboxylic acids is 1. The quantitative estimate of drug-likeness (QED) is 0.787. The number of aliphatic hydroxyl groups is 1. The Morgan fingerprint density at radius 3 is 2.75 bits per heavy atom. The van der Waals surface area contributed by atoms with Gasteiger partial charge in [0, 0.05) is 18.3 Å². The average molecular weight is 223 g/mol. The van der Waals surface area contributed by atoms with Gasteiger partial charge in [0.15, 0.2) is 5.60 Å². The number of pyridine rings is 1. The molecule has 0 saturated heterocycles. The number of ether oxygens (including phenoxy) is 1.